The van der Waals surface area contributed by atoms with Crippen molar-refractivity contribution >= 4 is 64.4 Å². The summed E-state index contributed by atoms with van der Waals surface area (Å²) in [5.74, 6) is 0. The Kier molecular flexibility index (Phi) is 4.40. The van der Waals surface area contributed by atoms with Crippen molar-refractivity contribution in [1.29, 1.82) is 0 Å². The molecular weight excluding hydrogens is 514 g/mol. The number of benzene rings is 3. The summed E-state index contributed by atoms with van der Waals surface area (Å²) < 4.78 is 4.46. The van der Waals surface area contributed by atoms with Crippen molar-refractivity contribution < 1.29 is 0 Å². The van der Waals surface area contributed by atoms with Gasteiger partial charge in [0.1, 0.15) is 0 Å². The van der Waals surface area contributed by atoms with Crippen LogP contribution in [-0.2, 0) is 0 Å². The van der Waals surface area contributed by atoms with E-state index in [1.807, 2.05) is 30.5 Å². The molecule has 3 aromatic heterocycles. The lowest BCUT2D eigenvalue weighted by Gasteiger charge is -2.11. The average molecular weight is 529 g/mol. The third-order valence-corrected chi connectivity index (χ3v) is 6.76. The molecule has 3 aromatic carbocycles. The SMILES string of the molecule is Brc1ccc2c(c1)c1cc(Br)c3ccccc3c1n2-c1ccc(-c2ccccn2)nc1. The van der Waals surface area contributed by atoms with E-state index in [1.165, 1.54) is 27.1 Å². The number of fused-ring (bicyclic) bond motifs is 5. The van der Waals surface area contributed by atoms with E-state index >= 15 is 0 Å². The molecule has 0 atom stereocenters. The maximum absolute atomic E-state index is 4.73. The van der Waals surface area contributed by atoms with Crippen LogP contribution in [0.1, 0.15) is 0 Å². The molecule has 0 radical (unpaired) electrons. The highest BCUT2D eigenvalue weighted by molar-refractivity contribution is 9.11. The zero-order valence-electron chi connectivity index (χ0n) is 16.3. The molecule has 6 rings (SSSR count). The van der Waals surface area contributed by atoms with E-state index in [-0.39, 0.29) is 0 Å². The molecule has 148 valence electrons. The Morgan fingerprint density at radius 1 is 0.645 bits per heavy atom. The molecule has 6 aromatic rings. The smallest absolute Gasteiger partial charge is 0.0887 e. The van der Waals surface area contributed by atoms with Gasteiger partial charge in [-0.05, 0) is 53.9 Å². The number of hydrogen-bond acceptors (Lipinski definition) is 2. The van der Waals surface area contributed by atoms with Crippen LogP contribution in [-0.4, -0.2) is 14.5 Å². The van der Waals surface area contributed by atoms with Crippen molar-refractivity contribution in [3.8, 4) is 17.1 Å². The van der Waals surface area contributed by atoms with Crippen LogP contribution in [0.5, 0.6) is 0 Å². The van der Waals surface area contributed by atoms with Crippen molar-refractivity contribution in [3.63, 3.8) is 0 Å². The number of aromatic nitrogens is 3. The molecule has 31 heavy (non-hydrogen) atoms. The Hall–Kier alpha value is -3.02. The first-order valence-electron chi connectivity index (χ1n) is 9.89. The summed E-state index contributed by atoms with van der Waals surface area (Å²) in [7, 11) is 0. The van der Waals surface area contributed by atoms with Gasteiger partial charge in [0.15, 0.2) is 0 Å². The minimum absolute atomic E-state index is 0.862. The van der Waals surface area contributed by atoms with Crippen LogP contribution in [0.25, 0.3) is 49.7 Å². The van der Waals surface area contributed by atoms with Gasteiger partial charge in [-0.25, -0.2) is 0 Å². The predicted octanol–water partition coefficient (Wildman–Crippen LogP) is 7.92. The molecule has 0 saturated carbocycles. The van der Waals surface area contributed by atoms with Crippen molar-refractivity contribution in [2.45, 2.75) is 0 Å². The highest BCUT2D eigenvalue weighted by Crippen LogP contribution is 2.40. The lowest BCUT2D eigenvalue weighted by molar-refractivity contribution is 1.14. The largest absolute Gasteiger partial charge is 0.307 e. The molecule has 0 aliphatic carbocycles. The first-order chi connectivity index (χ1) is 15.2. The van der Waals surface area contributed by atoms with Crippen LogP contribution in [0.4, 0.5) is 0 Å². The Morgan fingerprint density at radius 2 is 1.45 bits per heavy atom. The highest BCUT2D eigenvalue weighted by Gasteiger charge is 2.17. The van der Waals surface area contributed by atoms with Gasteiger partial charge < -0.3 is 4.57 Å². The maximum Gasteiger partial charge on any atom is 0.0887 e. The Morgan fingerprint density at radius 3 is 2.23 bits per heavy atom. The molecular formula is C26H15Br2N3. The third-order valence-electron chi connectivity index (χ3n) is 5.61. The van der Waals surface area contributed by atoms with E-state index in [9.17, 15) is 0 Å². The van der Waals surface area contributed by atoms with E-state index in [0.717, 1.165) is 31.5 Å². The van der Waals surface area contributed by atoms with Gasteiger partial charge in [-0.2, -0.15) is 0 Å². The topological polar surface area (TPSA) is 30.7 Å². The number of hydrogen-bond donors (Lipinski definition) is 0. The zero-order valence-corrected chi connectivity index (χ0v) is 19.4. The summed E-state index contributed by atoms with van der Waals surface area (Å²) in [4.78, 5) is 9.15. The van der Waals surface area contributed by atoms with Crippen molar-refractivity contribution in [1.82, 2.24) is 14.5 Å². The number of nitrogens with zero attached hydrogens (tertiary/aromatic N) is 3. The molecule has 3 heterocycles. The maximum atomic E-state index is 4.73. The number of pyridine rings is 2. The molecule has 0 aliphatic heterocycles. The summed E-state index contributed by atoms with van der Waals surface area (Å²) >= 11 is 7.43. The zero-order chi connectivity index (χ0) is 20.9. The molecule has 0 fully saturated rings. The van der Waals surface area contributed by atoms with Gasteiger partial charge in [0.2, 0.25) is 0 Å². The minimum Gasteiger partial charge on any atom is -0.307 e. The first-order valence-corrected chi connectivity index (χ1v) is 11.5. The molecule has 0 unspecified atom stereocenters. The van der Waals surface area contributed by atoms with Gasteiger partial charge in [0.25, 0.3) is 0 Å². The van der Waals surface area contributed by atoms with Gasteiger partial charge >= 0.3 is 0 Å². The van der Waals surface area contributed by atoms with Crippen molar-refractivity contribution in [3.05, 3.63) is 100 Å². The molecule has 5 heteroatoms. The molecule has 0 saturated heterocycles. The van der Waals surface area contributed by atoms with Crippen LogP contribution in [0.2, 0.25) is 0 Å². The summed E-state index contributed by atoms with van der Waals surface area (Å²) in [6.07, 6.45) is 3.72. The summed E-state index contributed by atoms with van der Waals surface area (Å²) in [6, 6.07) is 27.2. The van der Waals surface area contributed by atoms with Gasteiger partial charge in [-0.3, -0.25) is 9.97 Å². The predicted molar refractivity (Wildman–Crippen MR) is 135 cm³/mol. The fraction of sp³-hybridized carbons (Fsp3) is 0. The first kappa shape index (κ1) is 18.7. The van der Waals surface area contributed by atoms with Gasteiger partial charge in [0.05, 0.1) is 34.3 Å². The second-order valence-corrected chi connectivity index (χ2v) is 9.18. The summed E-state index contributed by atoms with van der Waals surface area (Å²) in [5.41, 5.74) is 5.08. The Labute approximate surface area is 195 Å². The molecule has 0 aliphatic rings. The molecule has 0 bridgehead atoms. The highest BCUT2D eigenvalue weighted by atomic mass is 79.9. The molecule has 3 nitrogen and oxygen atoms in total. The Bertz CT molecular complexity index is 1590. The summed E-state index contributed by atoms with van der Waals surface area (Å²) in [5, 5.41) is 4.80. The monoisotopic (exact) mass is 527 g/mol. The van der Waals surface area contributed by atoms with Crippen LogP contribution < -0.4 is 0 Å². The normalized spacial score (nSPS) is 11.5. The standard InChI is InChI=1S/C26H15Br2N3/c27-16-8-11-25-20(13-16)21-14-22(28)18-5-1-2-6-19(18)26(21)31(25)17-9-10-24(30-15-17)23-7-3-4-12-29-23/h1-15H. The number of halogens is 2. The molecule has 0 spiro atoms. The lowest BCUT2D eigenvalue weighted by Crippen LogP contribution is -1.96. The minimum atomic E-state index is 0.862. The van der Waals surface area contributed by atoms with Crippen LogP contribution in [0.15, 0.2) is 100 Å². The van der Waals surface area contributed by atoms with Gasteiger partial charge in [0, 0.05) is 31.3 Å². The second kappa shape index (κ2) is 7.29. The molecule has 0 amide bonds. The average Bonchev–Trinajstić information content (AvgIpc) is 3.13. The quantitative estimate of drug-likeness (QED) is 0.228. The fourth-order valence-electron chi connectivity index (χ4n) is 4.25. The van der Waals surface area contributed by atoms with E-state index in [2.05, 4.69) is 96.0 Å². The van der Waals surface area contributed by atoms with Gasteiger partial charge in [-0.15, -0.1) is 0 Å². The van der Waals surface area contributed by atoms with Crippen LogP contribution >= 0.6 is 31.9 Å². The summed E-state index contributed by atoms with van der Waals surface area (Å²) in [6.45, 7) is 0. The fourth-order valence-corrected chi connectivity index (χ4v) is 5.19. The number of rotatable bonds is 2. The van der Waals surface area contributed by atoms with E-state index in [1.54, 1.807) is 6.20 Å². The van der Waals surface area contributed by atoms with Crippen molar-refractivity contribution in [2.24, 2.45) is 0 Å². The van der Waals surface area contributed by atoms with Crippen LogP contribution in [0.3, 0.4) is 0 Å². The van der Waals surface area contributed by atoms with Crippen LogP contribution in [0, 0.1) is 0 Å². The third kappa shape index (κ3) is 2.99. The molecule has 0 N–H and O–H groups in total. The van der Waals surface area contributed by atoms with E-state index < -0.39 is 0 Å². The van der Waals surface area contributed by atoms with Crippen molar-refractivity contribution in [2.75, 3.05) is 0 Å². The second-order valence-electron chi connectivity index (χ2n) is 7.41. The van der Waals surface area contributed by atoms with Gasteiger partial charge in [-0.1, -0.05) is 62.2 Å². The van der Waals surface area contributed by atoms with E-state index in [4.69, 9.17) is 4.98 Å². The Balaban J connectivity index is 1.70. The van der Waals surface area contributed by atoms with E-state index in [0.29, 0.717) is 0 Å². The lowest BCUT2D eigenvalue weighted by atomic mass is 10.1.